The van der Waals surface area contributed by atoms with Gasteiger partial charge in [0.05, 0.1) is 52.0 Å². The normalized spacial score (nSPS) is 11.6. The minimum Gasteiger partial charge on any atom is -0.465 e. The van der Waals surface area contributed by atoms with Crippen molar-refractivity contribution in [3.8, 4) is 45.6 Å². The number of carbonyl (C=O) groups is 1. The van der Waals surface area contributed by atoms with Crippen LogP contribution in [0, 0.1) is 28.5 Å². The van der Waals surface area contributed by atoms with Gasteiger partial charge in [-0.25, -0.2) is 22.2 Å². The molecule has 1 unspecified atom stereocenters. The number of benzene rings is 5. The zero-order chi connectivity index (χ0) is 33.2. The molecule has 0 bridgehead atoms. The van der Waals surface area contributed by atoms with E-state index in [-0.39, 0.29) is 27.1 Å². The van der Waals surface area contributed by atoms with E-state index in [0.717, 1.165) is 5.56 Å². The number of halogens is 3. The van der Waals surface area contributed by atoms with Gasteiger partial charge in [-0.05, 0) is 71.8 Å². The molecule has 0 N–H and O–H groups in total. The Bertz CT molecular complexity index is 2250. The van der Waals surface area contributed by atoms with Gasteiger partial charge in [-0.2, -0.15) is 10.5 Å². The SMILES string of the molecule is COC(=O)c1ccc(-c2cccc(-c3c(-c4c(C#N)cccc4C#N)c4cc(F)ccc4n3S(=O)c3ccc(C(F)F)cc3)c2)cc1. The molecule has 0 fully saturated rings. The molecular weight excluding hydrogens is 623 g/mol. The Hall–Kier alpha value is -5.97. The molecule has 1 aromatic heterocycles. The van der Waals surface area contributed by atoms with Crippen molar-refractivity contribution in [1.82, 2.24) is 3.97 Å². The van der Waals surface area contributed by atoms with Crippen LogP contribution in [0.25, 0.3) is 44.4 Å². The molecule has 6 aromatic rings. The minimum atomic E-state index is -2.72. The van der Waals surface area contributed by atoms with Crippen molar-refractivity contribution in [3.05, 3.63) is 137 Å². The maximum Gasteiger partial charge on any atom is 0.337 e. The van der Waals surface area contributed by atoms with E-state index in [9.17, 15) is 32.7 Å². The first-order chi connectivity index (χ1) is 22.7. The number of ether oxygens (including phenoxy) is 1. The molecule has 6 rings (SSSR count). The predicted molar refractivity (Wildman–Crippen MR) is 172 cm³/mol. The topological polar surface area (TPSA) is 95.9 Å². The van der Waals surface area contributed by atoms with Crippen molar-refractivity contribution in [2.45, 2.75) is 11.3 Å². The fourth-order valence-corrected chi connectivity index (χ4v) is 6.81. The van der Waals surface area contributed by atoms with Crippen molar-refractivity contribution < 1.29 is 26.9 Å². The molecule has 5 aromatic carbocycles. The minimum absolute atomic E-state index is 0.148. The van der Waals surface area contributed by atoms with Gasteiger partial charge in [0, 0.05) is 27.6 Å². The second-order valence-electron chi connectivity index (χ2n) is 10.4. The third-order valence-electron chi connectivity index (χ3n) is 7.72. The number of hydrogen-bond donors (Lipinski definition) is 0. The second-order valence-corrected chi connectivity index (χ2v) is 11.7. The largest absolute Gasteiger partial charge is 0.465 e. The van der Waals surface area contributed by atoms with Crippen molar-refractivity contribution in [2.24, 2.45) is 0 Å². The number of nitrogens with zero attached hydrogens (tertiary/aromatic N) is 3. The summed E-state index contributed by atoms with van der Waals surface area (Å²) in [5.41, 5.74) is 3.59. The van der Waals surface area contributed by atoms with Crippen molar-refractivity contribution >= 4 is 27.9 Å². The predicted octanol–water partition coefficient (Wildman–Crippen LogP) is 8.82. The van der Waals surface area contributed by atoms with Crippen LogP contribution in [0.3, 0.4) is 0 Å². The zero-order valence-corrected chi connectivity index (χ0v) is 25.4. The standard InChI is InChI=1S/C37H22F3N3O3S/c1-46-37(44)24-10-8-22(9-11-24)25-4-2-5-26(18-25)35-34(33-27(20-41)6-3-7-28(33)21-42)31-19-29(38)14-17-32(31)43(35)47(45)30-15-12-23(13-16-30)36(39)40/h2-19,36H,1H3. The summed E-state index contributed by atoms with van der Waals surface area (Å²) >= 11 is 0. The van der Waals surface area contributed by atoms with E-state index in [1.807, 2.05) is 12.1 Å². The van der Waals surface area contributed by atoms with Gasteiger partial charge < -0.3 is 4.74 Å². The van der Waals surface area contributed by atoms with Crippen LogP contribution in [0.4, 0.5) is 13.2 Å². The molecule has 0 radical (unpaired) electrons. The van der Waals surface area contributed by atoms with Gasteiger partial charge in [0.2, 0.25) is 0 Å². The van der Waals surface area contributed by atoms with Crippen molar-refractivity contribution in [2.75, 3.05) is 7.11 Å². The zero-order valence-electron chi connectivity index (χ0n) is 24.6. The van der Waals surface area contributed by atoms with E-state index >= 15 is 0 Å². The monoisotopic (exact) mass is 645 g/mol. The lowest BCUT2D eigenvalue weighted by Gasteiger charge is -2.15. The van der Waals surface area contributed by atoms with Crippen molar-refractivity contribution in [3.63, 3.8) is 0 Å². The number of methoxy groups -OCH3 is 1. The average Bonchev–Trinajstić information content (AvgIpc) is 3.44. The summed E-state index contributed by atoms with van der Waals surface area (Å²) in [5, 5.41) is 20.6. The maximum atomic E-state index is 15.0. The molecule has 1 atom stereocenters. The number of aromatic nitrogens is 1. The van der Waals surface area contributed by atoms with E-state index in [1.54, 1.807) is 54.6 Å². The Morgan fingerprint density at radius 1 is 0.787 bits per heavy atom. The first-order valence-electron chi connectivity index (χ1n) is 14.1. The first-order valence-corrected chi connectivity index (χ1v) is 15.2. The van der Waals surface area contributed by atoms with E-state index in [0.29, 0.717) is 38.9 Å². The highest BCUT2D eigenvalue weighted by Crippen LogP contribution is 2.45. The molecule has 0 aliphatic rings. The van der Waals surface area contributed by atoms with Crippen LogP contribution in [0.5, 0.6) is 0 Å². The molecule has 0 saturated carbocycles. The van der Waals surface area contributed by atoms with Crippen LogP contribution in [0.1, 0.15) is 33.5 Å². The summed E-state index contributed by atoms with van der Waals surface area (Å²) in [7, 11) is -0.767. The molecule has 1 heterocycles. The summed E-state index contributed by atoms with van der Waals surface area (Å²) in [5.74, 6) is -1.08. The number of fused-ring (bicyclic) bond motifs is 1. The number of rotatable bonds is 7. The van der Waals surface area contributed by atoms with Crippen LogP contribution in [0.2, 0.25) is 0 Å². The maximum absolute atomic E-state index is 15.0. The van der Waals surface area contributed by atoms with Gasteiger partial charge in [0.1, 0.15) is 5.82 Å². The summed E-state index contributed by atoms with van der Waals surface area (Å²) in [6, 6.07) is 31.9. The highest BCUT2D eigenvalue weighted by Gasteiger charge is 2.28. The smallest absolute Gasteiger partial charge is 0.337 e. The van der Waals surface area contributed by atoms with Gasteiger partial charge in [-0.3, -0.25) is 3.97 Å². The van der Waals surface area contributed by atoms with Crippen molar-refractivity contribution in [1.29, 1.82) is 10.5 Å². The highest BCUT2D eigenvalue weighted by molar-refractivity contribution is 7.83. The summed E-state index contributed by atoms with van der Waals surface area (Å²) in [4.78, 5) is 12.2. The lowest BCUT2D eigenvalue weighted by Crippen LogP contribution is -2.07. The third kappa shape index (κ3) is 5.67. The molecule has 10 heteroatoms. The fourth-order valence-electron chi connectivity index (χ4n) is 5.53. The molecule has 0 saturated heterocycles. The second kappa shape index (κ2) is 12.8. The molecule has 0 aliphatic carbocycles. The summed E-state index contributed by atoms with van der Waals surface area (Å²) in [6.45, 7) is 0. The van der Waals surface area contributed by atoms with Gasteiger partial charge in [0.25, 0.3) is 6.43 Å². The Kier molecular flexibility index (Phi) is 8.45. The lowest BCUT2D eigenvalue weighted by molar-refractivity contribution is 0.0600. The van der Waals surface area contributed by atoms with Crippen LogP contribution in [0.15, 0.2) is 114 Å². The van der Waals surface area contributed by atoms with Crippen LogP contribution < -0.4 is 0 Å². The number of carbonyl (C=O) groups excluding carboxylic acids is 1. The highest BCUT2D eigenvalue weighted by atomic mass is 32.2. The van der Waals surface area contributed by atoms with Gasteiger partial charge in [-0.1, -0.05) is 48.5 Å². The molecule has 47 heavy (non-hydrogen) atoms. The third-order valence-corrected chi connectivity index (χ3v) is 9.10. The van der Waals surface area contributed by atoms with Crippen LogP contribution in [-0.2, 0) is 15.7 Å². The van der Waals surface area contributed by atoms with Gasteiger partial charge in [0.15, 0.2) is 11.0 Å². The summed E-state index contributed by atoms with van der Waals surface area (Å²) < 4.78 is 62.4. The number of nitriles is 2. The van der Waals surface area contributed by atoms with Crippen LogP contribution in [-0.4, -0.2) is 21.3 Å². The van der Waals surface area contributed by atoms with E-state index in [4.69, 9.17) is 4.74 Å². The average molecular weight is 646 g/mol. The quantitative estimate of drug-likeness (QED) is 0.162. The Morgan fingerprint density at radius 2 is 1.43 bits per heavy atom. The number of hydrogen-bond acceptors (Lipinski definition) is 5. The summed E-state index contributed by atoms with van der Waals surface area (Å²) in [6.07, 6.45) is -2.72. The van der Waals surface area contributed by atoms with Crippen LogP contribution >= 0.6 is 0 Å². The lowest BCUT2D eigenvalue weighted by atomic mass is 9.90. The van der Waals surface area contributed by atoms with Gasteiger partial charge in [-0.15, -0.1) is 0 Å². The molecule has 6 nitrogen and oxygen atoms in total. The Labute approximate surface area is 270 Å². The first kappa shape index (κ1) is 31.0. The number of esters is 1. The van der Waals surface area contributed by atoms with E-state index in [1.165, 1.54) is 53.5 Å². The Balaban J connectivity index is 1.69. The number of alkyl halides is 2. The molecule has 0 aliphatic heterocycles. The molecular formula is C37H22F3N3O3S. The molecule has 230 valence electrons. The van der Waals surface area contributed by atoms with E-state index in [2.05, 4.69) is 12.1 Å². The Morgan fingerprint density at radius 3 is 2.04 bits per heavy atom. The molecule has 0 amide bonds. The molecule has 0 spiro atoms. The van der Waals surface area contributed by atoms with Gasteiger partial charge >= 0.3 is 5.97 Å². The fraction of sp³-hybridized carbons (Fsp3) is 0.0541. The van der Waals surface area contributed by atoms with E-state index < -0.39 is 29.2 Å².